The standard InChI is InChI=1S/C12H17N3O3/c1-12(2)8(9(12)11(17)18)10(16)14-4-6-15-5-3-13-7-15/h3,5,7-9H,4,6H2,1-2H3,(H,14,16)(H,17,18). The van der Waals surface area contributed by atoms with E-state index in [1.807, 2.05) is 24.6 Å². The Morgan fingerprint density at radius 1 is 1.44 bits per heavy atom. The number of nitrogens with zero attached hydrogens (tertiary/aromatic N) is 2. The number of aliphatic carboxylic acids is 1. The van der Waals surface area contributed by atoms with Gasteiger partial charge in [-0.05, 0) is 5.41 Å². The zero-order valence-corrected chi connectivity index (χ0v) is 10.5. The van der Waals surface area contributed by atoms with Gasteiger partial charge in [0.25, 0.3) is 0 Å². The molecule has 1 aliphatic carbocycles. The molecule has 0 aromatic carbocycles. The summed E-state index contributed by atoms with van der Waals surface area (Å²) < 4.78 is 1.85. The molecule has 0 spiro atoms. The highest BCUT2D eigenvalue weighted by Crippen LogP contribution is 2.58. The van der Waals surface area contributed by atoms with E-state index >= 15 is 0 Å². The largest absolute Gasteiger partial charge is 0.481 e. The predicted octanol–water partition coefficient (Wildman–Crippen LogP) is 0.356. The van der Waals surface area contributed by atoms with Crippen LogP contribution in [-0.4, -0.2) is 33.1 Å². The first-order chi connectivity index (χ1) is 8.44. The summed E-state index contributed by atoms with van der Waals surface area (Å²) in [6.07, 6.45) is 5.16. The van der Waals surface area contributed by atoms with Crippen LogP contribution in [0.4, 0.5) is 0 Å². The number of aromatic nitrogens is 2. The molecule has 6 heteroatoms. The van der Waals surface area contributed by atoms with Crippen molar-refractivity contribution < 1.29 is 14.7 Å². The minimum atomic E-state index is -0.894. The SMILES string of the molecule is CC1(C)C(C(=O)O)C1C(=O)NCCn1ccnc1. The predicted molar refractivity (Wildman–Crippen MR) is 63.6 cm³/mol. The second kappa shape index (κ2) is 4.44. The van der Waals surface area contributed by atoms with Crippen LogP contribution in [0.1, 0.15) is 13.8 Å². The number of nitrogens with one attached hydrogen (secondary N) is 1. The minimum absolute atomic E-state index is 0.174. The van der Waals surface area contributed by atoms with Gasteiger partial charge in [0.2, 0.25) is 5.91 Å². The molecule has 2 N–H and O–H groups in total. The summed E-state index contributed by atoms with van der Waals surface area (Å²) >= 11 is 0. The first-order valence-corrected chi connectivity index (χ1v) is 5.91. The lowest BCUT2D eigenvalue weighted by Gasteiger charge is -2.06. The van der Waals surface area contributed by atoms with Gasteiger partial charge < -0.3 is 15.0 Å². The molecule has 1 heterocycles. The highest BCUT2D eigenvalue weighted by Gasteiger charge is 2.65. The van der Waals surface area contributed by atoms with Gasteiger partial charge in [0.05, 0.1) is 18.2 Å². The van der Waals surface area contributed by atoms with E-state index in [-0.39, 0.29) is 5.91 Å². The van der Waals surface area contributed by atoms with E-state index in [4.69, 9.17) is 5.11 Å². The van der Waals surface area contributed by atoms with Crippen LogP contribution in [0.5, 0.6) is 0 Å². The molecule has 18 heavy (non-hydrogen) atoms. The van der Waals surface area contributed by atoms with Crippen molar-refractivity contribution in [3.05, 3.63) is 18.7 Å². The zero-order chi connectivity index (χ0) is 13.3. The van der Waals surface area contributed by atoms with Crippen molar-refractivity contribution in [2.24, 2.45) is 17.3 Å². The molecular weight excluding hydrogens is 234 g/mol. The van der Waals surface area contributed by atoms with Crippen LogP contribution in [0.3, 0.4) is 0 Å². The summed E-state index contributed by atoms with van der Waals surface area (Å²) in [5, 5.41) is 11.8. The number of carboxylic acids is 1. The third kappa shape index (κ3) is 2.23. The van der Waals surface area contributed by atoms with Gasteiger partial charge >= 0.3 is 5.97 Å². The van der Waals surface area contributed by atoms with E-state index in [0.717, 1.165) is 0 Å². The number of hydrogen-bond donors (Lipinski definition) is 2. The maximum atomic E-state index is 11.9. The third-order valence-electron chi connectivity index (χ3n) is 3.60. The molecule has 1 saturated carbocycles. The second-order valence-corrected chi connectivity index (χ2v) is 5.21. The summed E-state index contributed by atoms with van der Waals surface area (Å²) in [6.45, 7) is 4.74. The topological polar surface area (TPSA) is 84.2 Å². The third-order valence-corrected chi connectivity index (χ3v) is 3.60. The Morgan fingerprint density at radius 3 is 2.67 bits per heavy atom. The van der Waals surface area contributed by atoms with Crippen molar-refractivity contribution in [3.63, 3.8) is 0 Å². The molecule has 2 rings (SSSR count). The fraction of sp³-hybridized carbons (Fsp3) is 0.583. The normalized spacial score (nSPS) is 24.6. The smallest absolute Gasteiger partial charge is 0.307 e. The van der Waals surface area contributed by atoms with E-state index in [9.17, 15) is 9.59 Å². The Morgan fingerprint density at radius 2 is 2.17 bits per heavy atom. The first-order valence-electron chi connectivity index (χ1n) is 5.91. The summed E-state index contributed by atoms with van der Waals surface area (Å²) in [7, 11) is 0. The Labute approximate surface area is 105 Å². The Kier molecular flexibility index (Phi) is 3.11. The van der Waals surface area contributed by atoms with E-state index in [1.165, 1.54) is 0 Å². The number of rotatable bonds is 5. The molecule has 1 aliphatic rings. The molecule has 0 aliphatic heterocycles. The molecule has 0 bridgehead atoms. The summed E-state index contributed by atoms with van der Waals surface area (Å²) in [4.78, 5) is 26.7. The van der Waals surface area contributed by atoms with Crippen LogP contribution in [-0.2, 0) is 16.1 Å². The molecule has 0 radical (unpaired) electrons. The fourth-order valence-corrected chi connectivity index (χ4v) is 2.43. The second-order valence-electron chi connectivity index (χ2n) is 5.21. The van der Waals surface area contributed by atoms with E-state index < -0.39 is 23.2 Å². The molecule has 1 aromatic rings. The highest BCUT2D eigenvalue weighted by atomic mass is 16.4. The Balaban J connectivity index is 1.81. The summed E-state index contributed by atoms with van der Waals surface area (Å²) in [6, 6.07) is 0. The average molecular weight is 251 g/mol. The maximum Gasteiger partial charge on any atom is 0.307 e. The van der Waals surface area contributed by atoms with Gasteiger partial charge in [-0.3, -0.25) is 9.59 Å². The van der Waals surface area contributed by atoms with Crippen LogP contribution in [0, 0.1) is 17.3 Å². The van der Waals surface area contributed by atoms with Gasteiger partial charge in [0, 0.05) is 25.5 Å². The lowest BCUT2D eigenvalue weighted by molar-refractivity contribution is -0.140. The lowest BCUT2D eigenvalue weighted by atomic mass is 10.1. The lowest BCUT2D eigenvalue weighted by Crippen LogP contribution is -2.30. The highest BCUT2D eigenvalue weighted by molar-refractivity contribution is 5.91. The van der Waals surface area contributed by atoms with Crippen molar-refractivity contribution in [1.29, 1.82) is 0 Å². The van der Waals surface area contributed by atoms with Crippen LogP contribution < -0.4 is 5.32 Å². The molecule has 1 aromatic heterocycles. The van der Waals surface area contributed by atoms with Gasteiger partial charge in [-0.2, -0.15) is 0 Å². The van der Waals surface area contributed by atoms with E-state index in [0.29, 0.717) is 13.1 Å². The number of hydrogen-bond acceptors (Lipinski definition) is 3. The van der Waals surface area contributed by atoms with Crippen LogP contribution in [0.2, 0.25) is 0 Å². The molecule has 2 atom stereocenters. The van der Waals surface area contributed by atoms with Gasteiger partial charge in [0.15, 0.2) is 0 Å². The van der Waals surface area contributed by atoms with Crippen molar-refractivity contribution in [1.82, 2.24) is 14.9 Å². The van der Waals surface area contributed by atoms with E-state index in [2.05, 4.69) is 10.3 Å². The van der Waals surface area contributed by atoms with Crippen molar-refractivity contribution in [2.45, 2.75) is 20.4 Å². The first kappa shape index (κ1) is 12.6. The fourth-order valence-electron chi connectivity index (χ4n) is 2.43. The molecule has 2 unspecified atom stereocenters. The monoisotopic (exact) mass is 251 g/mol. The van der Waals surface area contributed by atoms with Crippen molar-refractivity contribution in [3.8, 4) is 0 Å². The van der Waals surface area contributed by atoms with Crippen molar-refractivity contribution in [2.75, 3.05) is 6.54 Å². The molecule has 98 valence electrons. The molecule has 1 amide bonds. The molecule has 0 saturated heterocycles. The number of carbonyl (C=O) groups is 2. The Bertz CT molecular complexity index is 453. The van der Waals surface area contributed by atoms with Gasteiger partial charge in [-0.15, -0.1) is 0 Å². The van der Waals surface area contributed by atoms with Gasteiger partial charge in [0.1, 0.15) is 0 Å². The summed E-state index contributed by atoms with van der Waals surface area (Å²) in [5.74, 6) is -2.05. The van der Waals surface area contributed by atoms with Crippen molar-refractivity contribution >= 4 is 11.9 Å². The van der Waals surface area contributed by atoms with Gasteiger partial charge in [-0.1, -0.05) is 13.8 Å². The molecule has 6 nitrogen and oxygen atoms in total. The number of amides is 1. The quantitative estimate of drug-likeness (QED) is 0.791. The minimum Gasteiger partial charge on any atom is -0.481 e. The van der Waals surface area contributed by atoms with Crippen LogP contribution >= 0.6 is 0 Å². The number of imidazole rings is 1. The van der Waals surface area contributed by atoms with Crippen LogP contribution in [0.15, 0.2) is 18.7 Å². The van der Waals surface area contributed by atoms with E-state index in [1.54, 1.807) is 12.5 Å². The molecule has 1 fully saturated rings. The zero-order valence-electron chi connectivity index (χ0n) is 10.5. The molecular formula is C12H17N3O3. The number of carbonyl (C=O) groups excluding carboxylic acids is 1. The van der Waals surface area contributed by atoms with Gasteiger partial charge in [-0.25, -0.2) is 4.98 Å². The van der Waals surface area contributed by atoms with Crippen LogP contribution in [0.25, 0.3) is 0 Å². The maximum absolute atomic E-state index is 11.9. The number of carboxylic acid groups (broad SMARTS) is 1. The summed E-state index contributed by atoms with van der Waals surface area (Å²) in [5.41, 5.74) is -0.440. The Hall–Kier alpha value is -1.85. The average Bonchev–Trinajstić information content (AvgIpc) is 2.65.